The molecule has 2 N–H and O–H groups in total. The SMILES string of the molecule is Nc1ccc(Br)c(S(=O)(=O)N2CCCC3CCCC32)c1. The summed E-state index contributed by atoms with van der Waals surface area (Å²) < 4.78 is 28.2. The van der Waals surface area contributed by atoms with Gasteiger partial charge in [0.2, 0.25) is 10.0 Å². The summed E-state index contributed by atoms with van der Waals surface area (Å²) in [4.78, 5) is 0.296. The molecule has 0 amide bonds. The second-order valence-electron chi connectivity index (χ2n) is 5.71. The Labute approximate surface area is 128 Å². The first-order valence-electron chi connectivity index (χ1n) is 7.07. The minimum absolute atomic E-state index is 0.182. The summed E-state index contributed by atoms with van der Waals surface area (Å²) in [6.07, 6.45) is 5.41. The zero-order valence-corrected chi connectivity index (χ0v) is 13.7. The Kier molecular flexibility index (Phi) is 3.81. The van der Waals surface area contributed by atoms with E-state index in [4.69, 9.17) is 5.73 Å². The lowest BCUT2D eigenvalue weighted by molar-refractivity contribution is 0.202. The van der Waals surface area contributed by atoms with Crippen molar-refractivity contribution >= 4 is 31.6 Å². The van der Waals surface area contributed by atoms with Crippen LogP contribution in [0.1, 0.15) is 32.1 Å². The maximum atomic E-state index is 12.9. The lowest BCUT2D eigenvalue weighted by atomic mass is 9.94. The van der Waals surface area contributed by atoms with E-state index in [2.05, 4.69) is 15.9 Å². The molecule has 1 heterocycles. The molecule has 1 aromatic carbocycles. The normalized spacial score (nSPS) is 27.4. The molecular formula is C14H19BrN2O2S. The molecule has 20 heavy (non-hydrogen) atoms. The van der Waals surface area contributed by atoms with Gasteiger partial charge in [-0.3, -0.25) is 0 Å². The third-order valence-electron chi connectivity index (χ3n) is 4.48. The number of hydrogen-bond acceptors (Lipinski definition) is 3. The highest BCUT2D eigenvalue weighted by atomic mass is 79.9. The van der Waals surface area contributed by atoms with Crippen LogP contribution < -0.4 is 5.73 Å². The summed E-state index contributed by atoms with van der Waals surface area (Å²) in [7, 11) is -3.46. The Morgan fingerprint density at radius 3 is 2.75 bits per heavy atom. The van der Waals surface area contributed by atoms with Gasteiger partial charge in [-0.2, -0.15) is 4.31 Å². The van der Waals surface area contributed by atoms with E-state index >= 15 is 0 Å². The number of nitrogen functional groups attached to an aromatic ring is 1. The van der Waals surface area contributed by atoms with E-state index in [9.17, 15) is 8.42 Å². The van der Waals surface area contributed by atoms with Gasteiger partial charge in [-0.25, -0.2) is 8.42 Å². The molecule has 0 aromatic heterocycles. The lowest BCUT2D eigenvalue weighted by Gasteiger charge is -2.36. The number of benzene rings is 1. The van der Waals surface area contributed by atoms with Gasteiger partial charge in [0.15, 0.2) is 0 Å². The van der Waals surface area contributed by atoms with Crippen LogP contribution >= 0.6 is 15.9 Å². The van der Waals surface area contributed by atoms with Crippen LogP contribution in [0.4, 0.5) is 5.69 Å². The van der Waals surface area contributed by atoms with Crippen LogP contribution in [0.2, 0.25) is 0 Å². The molecule has 0 spiro atoms. The highest BCUT2D eigenvalue weighted by molar-refractivity contribution is 9.10. The van der Waals surface area contributed by atoms with Crippen molar-refractivity contribution in [1.29, 1.82) is 0 Å². The maximum Gasteiger partial charge on any atom is 0.244 e. The minimum atomic E-state index is -3.46. The number of halogens is 1. The zero-order chi connectivity index (χ0) is 14.3. The molecule has 1 saturated heterocycles. The van der Waals surface area contributed by atoms with Crippen molar-refractivity contribution in [3.63, 3.8) is 0 Å². The van der Waals surface area contributed by atoms with E-state index in [0.29, 0.717) is 27.5 Å². The maximum absolute atomic E-state index is 12.9. The number of rotatable bonds is 2. The first kappa shape index (κ1) is 14.4. The number of piperidine rings is 1. The molecule has 2 aliphatic rings. The van der Waals surface area contributed by atoms with Crippen molar-refractivity contribution in [1.82, 2.24) is 4.31 Å². The molecule has 3 rings (SSSR count). The molecule has 0 bridgehead atoms. The first-order chi connectivity index (χ1) is 9.50. The predicted molar refractivity (Wildman–Crippen MR) is 82.8 cm³/mol. The van der Waals surface area contributed by atoms with Gasteiger partial charge in [0.1, 0.15) is 0 Å². The zero-order valence-electron chi connectivity index (χ0n) is 11.3. The average molecular weight is 359 g/mol. The van der Waals surface area contributed by atoms with Crippen molar-refractivity contribution in [2.75, 3.05) is 12.3 Å². The van der Waals surface area contributed by atoms with Crippen molar-refractivity contribution in [2.24, 2.45) is 5.92 Å². The summed E-state index contributed by atoms with van der Waals surface area (Å²) in [5.74, 6) is 0.540. The van der Waals surface area contributed by atoms with E-state index in [0.717, 1.165) is 32.1 Å². The molecule has 1 saturated carbocycles. The van der Waals surface area contributed by atoms with Crippen LogP contribution in [-0.2, 0) is 10.0 Å². The van der Waals surface area contributed by atoms with E-state index in [1.54, 1.807) is 22.5 Å². The fourth-order valence-corrected chi connectivity index (χ4v) is 6.27. The van der Waals surface area contributed by atoms with Gasteiger partial charge in [-0.1, -0.05) is 6.42 Å². The average Bonchev–Trinajstić information content (AvgIpc) is 2.89. The molecule has 6 heteroatoms. The number of sulfonamides is 1. The van der Waals surface area contributed by atoms with Gasteiger partial charge in [-0.05, 0) is 65.7 Å². The number of nitrogens with two attached hydrogens (primary N) is 1. The molecular weight excluding hydrogens is 340 g/mol. The Bertz CT molecular complexity index is 618. The topological polar surface area (TPSA) is 63.4 Å². The fourth-order valence-electron chi connectivity index (χ4n) is 3.55. The highest BCUT2D eigenvalue weighted by Crippen LogP contribution is 2.40. The number of hydrogen-bond donors (Lipinski definition) is 1. The predicted octanol–water partition coefficient (Wildman–Crippen LogP) is 2.98. The largest absolute Gasteiger partial charge is 0.399 e. The van der Waals surface area contributed by atoms with Crippen LogP contribution in [0.5, 0.6) is 0 Å². The van der Waals surface area contributed by atoms with Gasteiger partial charge in [0.05, 0.1) is 4.90 Å². The van der Waals surface area contributed by atoms with Crippen molar-refractivity contribution in [2.45, 2.75) is 43.0 Å². The highest BCUT2D eigenvalue weighted by Gasteiger charge is 2.41. The van der Waals surface area contributed by atoms with Crippen molar-refractivity contribution in [3.8, 4) is 0 Å². The van der Waals surface area contributed by atoms with Crippen molar-refractivity contribution in [3.05, 3.63) is 22.7 Å². The molecule has 110 valence electrons. The van der Waals surface area contributed by atoms with Gasteiger partial charge in [0.25, 0.3) is 0 Å². The second kappa shape index (κ2) is 5.31. The van der Waals surface area contributed by atoms with Crippen LogP contribution in [-0.4, -0.2) is 25.3 Å². The summed E-state index contributed by atoms with van der Waals surface area (Å²) in [5, 5.41) is 0. The first-order valence-corrected chi connectivity index (χ1v) is 9.30. The van der Waals surface area contributed by atoms with Gasteiger partial charge in [0, 0.05) is 22.7 Å². The van der Waals surface area contributed by atoms with Crippen molar-refractivity contribution < 1.29 is 8.42 Å². The minimum Gasteiger partial charge on any atom is -0.399 e. The number of anilines is 1. The molecule has 1 aliphatic heterocycles. The third-order valence-corrected chi connectivity index (χ3v) is 7.40. The van der Waals surface area contributed by atoms with Crippen LogP contribution in [0, 0.1) is 5.92 Å². The quantitative estimate of drug-likeness (QED) is 0.826. The summed E-state index contributed by atoms with van der Waals surface area (Å²) in [6.45, 7) is 0.630. The number of nitrogens with zero attached hydrogens (tertiary/aromatic N) is 1. The third kappa shape index (κ3) is 2.38. The second-order valence-corrected chi connectivity index (χ2v) is 8.42. The van der Waals surface area contributed by atoms with E-state index in [-0.39, 0.29) is 6.04 Å². The van der Waals surface area contributed by atoms with Crippen LogP contribution in [0.15, 0.2) is 27.6 Å². The summed E-state index contributed by atoms with van der Waals surface area (Å²) in [5.41, 5.74) is 6.24. The molecule has 2 unspecified atom stereocenters. The van der Waals surface area contributed by atoms with Gasteiger partial charge in [-0.15, -0.1) is 0 Å². The molecule has 0 radical (unpaired) electrons. The van der Waals surface area contributed by atoms with E-state index in [1.807, 2.05) is 0 Å². The Balaban J connectivity index is 2.00. The van der Waals surface area contributed by atoms with Crippen LogP contribution in [0.3, 0.4) is 0 Å². The number of fused-ring (bicyclic) bond motifs is 1. The van der Waals surface area contributed by atoms with Gasteiger partial charge >= 0.3 is 0 Å². The lowest BCUT2D eigenvalue weighted by Crippen LogP contribution is -2.46. The summed E-state index contributed by atoms with van der Waals surface area (Å²) >= 11 is 3.34. The Morgan fingerprint density at radius 2 is 1.95 bits per heavy atom. The molecule has 1 aromatic rings. The van der Waals surface area contributed by atoms with E-state index in [1.165, 1.54) is 0 Å². The fraction of sp³-hybridized carbons (Fsp3) is 0.571. The van der Waals surface area contributed by atoms with Crippen LogP contribution in [0.25, 0.3) is 0 Å². The molecule has 4 nitrogen and oxygen atoms in total. The standard InChI is InChI=1S/C14H19BrN2O2S/c15-12-7-6-11(16)9-14(12)20(18,19)17-8-2-4-10-3-1-5-13(10)17/h6-7,9-10,13H,1-5,8,16H2. The summed E-state index contributed by atoms with van der Waals surface area (Å²) in [6, 6.07) is 5.15. The van der Waals surface area contributed by atoms with E-state index < -0.39 is 10.0 Å². The molecule has 2 atom stereocenters. The Morgan fingerprint density at radius 1 is 1.20 bits per heavy atom. The monoisotopic (exact) mass is 358 g/mol. The van der Waals surface area contributed by atoms with Gasteiger partial charge < -0.3 is 5.73 Å². The molecule has 2 fully saturated rings. The Hall–Kier alpha value is -0.590. The smallest absolute Gasteiger partial charge is 0.244 e. The molecule has 1 aliphatic carbocycles.